The fourth-order valence-electron chi connectivity index (χ4n) is 2.06. The van der Waals surface area contributed by atoms with Crippen LogP contribution in [-0.2, 0) is 6.54 Å². The van der Waals surface area contributed by atoms with Crippen molar-refractivity contribution in [1.82, 2.24) is 4.57 Å². The van der Waals surface area contributed by atoms with Crippen LogP contribution in [0.2, 0.25) is 0 Å². The number of aromatic nitrogens is 1. The van der Waals surface area contributed by atoms with Gasteiger partial charge in [0.2, 0.25) is 5.75 Å². The smallest absolute Gasteiger partial charge is 0.297 e. The number of hydrogen-bond acceptors (Lipinski definition) is 5. The second-order valence-electron chi connectivity index (χ2n) is 4.47. The number of nitrogens with zero attached hydrogens (tertiary/aromatic N) is 2. The number of rotatable bonds is 4. The number of pyridine rings is 1. The zero-order valence-corrected chi connectivity index (χ0v) is 10.9. The molecule has 0 atom stereocenters. The number of fused-ring (bicyclic) bond motifs is 1. The van der Waals surface area contributed by atoms with Gasteiger partial charge in [0, 0.05) is 24.1 Å². The highest BCUT2D eigenvalue weighted by molar-refractivity contribution is 5.89. The average Bonchev–Trinajstić information content (AvgIpc) is 2.44. The number of benzene rings is 1. The third-order valence-electron chi connectivity index (χ3n) is 3.15. The third-order valence-corrected chi connectivity index (χ3v) is 3.15. The van der Waals surface area contributed by atoms with Crippen LogP contribution in [0, 0.1) is 10.1 Å². The van der Waals surface area contributed by atoms with Gasteiger partial charge in [0.25, 0.3) is 11.2 Å². The Morgan fingerprint density at radius 2 is 2.00 bits per heavy atom. The molecule has 0 aliphatic carbocycles. The maximum Gasteiger partial charge on any atom is 0.297 e. The van der Waals surface area contributed by atoms with Crippen LogP contribution in [0.3, 0.4) is 0 Å². The highest BCUT2D eigenvalue weighted by Crippen LogP contribution is 2.32. The van der Waals surface area contributed by atoms with Crippen molar-refractivity contribution in [3.63, 3.8) is 0 Å². The lowest BCUT2D eigenvalue weighted by molar-refractivity contribution is -0.384. The second kappa shape index (κ2) is 5.20. The summed E-state index contributed by atoms with van der Waals surface area (Å²) < 4.78 is 1.25. The largest absolute Gasteiger partial charge is 0.504 e. The van der Waals surface area contributed by atoms with E-state index in [9.17, 15) is 25.1 Å². The number of nitro benzene ring substituents is 1. The maximum absolute atomic E-state index is 12.0. The van der Waals surface area contributed by atoms with Gasteiger partial charge < -0.3 is 14.8 Å². The molecular weight excluding hydrogens is 264 g/mol. The first-order valence-corrected chi connectivity index (χ1v) is 6.20. The van der Waals surface area contributed by atoms with E-state index in [2.05, 4.69) is 0 Å². The summed E-state index contributed by atoms with van der Waals surface area (Å²) in [5.74, 6) is -1.28. The fourth-order valence-corrected chi connectivity index (χ4v) is 2.06. The molecule has 1 heterocycles. The summed E-state index contributed by atoms with van der Waals surface area (Å²) in [7, 11) is 0. The molecule has 0 aliphatic heterocycles. The molecule has 20 heavy (non-hydrogen) atoms. The number of nitro groups is 1. The van der Waals surface area contributed by atoms with Gasteiger partial charge in [-0.3, -0.25) is 14.9 Å². The van der Waals surface area contributed by atoms with Gasteiger partial charge in [0.05, 0.1) is 10.4 Å². The van der Waals surface area contributed by atoms with Gasteiger partial charge in [-0.25, -0.2) is 0 Å². The summed E-state index contributed by atoms with van der Waals surface area (Å²) in [6.07, 6.45) is 1.51. The molecule has 0 fully saturated rings. The Labute approximate surface area is 113 Å². The van der Waals surface area contributed by atoms with Gasteiger partial charge in [-0.2, -0.15) is 0 Å². The first kappa shape index (κ1) is 13.9. The van der Waals surface area contributed by atoms with E-state index in [1.807, 2.05) is 6.92 Å². The Hall–Kier alpha value is -2.57. The Morgan fingerprint density at radius 1 is 1.30 bits per heavy atom. The summed E-state index contributed by atoms with van der Waals surface area (Å²) in [4.78, 5) is 22.2. The van der Waals surface area contributed by atoms with Crippen molar-refractivity contribution in [2.45, 2.75) is 26.3 Å². The van der Waals surface area contributed by atoms with Gasteiger partial charge in [-0.1, -0.05) is 13.3 Å². The number of unbranched alkanes of at least 4 members (excludes halogenated alkanes) is 1. The van der Waals surface area contributed by atoms with E-state index >= 15 is 0 Å². The van der Waals surface area contributed by atoms with Crippen molar-refractivity contribution >= 4 is 16.6 Å². The maximum atomic E-state index is 12.0. The second-order valence-corrected chi connectivity index (χ2v) is 4.47. The van der Waals surface area contributed by atoms with Crippen LogP contribution in [0.4, 0.5) is 5.69 Å². The fraction of sp³-hybridized carbons (Fsp3) is 0.308. The Bertz CT molecular complexity index is 736. The molecule has 2 rings (SSSR count). The molecule has 106 valence electrons. The minimum Gasteiger partial charge on any atom is -0.504 e. The van der Waals surface area contributed by atoms with Crippen molar-refractivity contribution in [3.05, 3.63) is 38.7 Å². The highest BCUT2D eigenvalue weighted by atomic mass is 16.6. The summed E-state index contributed by atoms with van der Waals surface area (Å²) in [6.45, 7) is 2.26. The van der Waals surface area contributed by atoms with Crippen molar-refractivity contribution in [1.29, 1.82) is 0 Å². The lowest BCUT2D eigenvalue weighted by atomic mass is 10.1. The molecule has 1 aromatic carbocycles. The Kier molecular flexibility index (Phi) is 3.60. The molecule has 7 nitrogen and oxygen atoms in total. The van der Waals surface area contributed by atoms with Crippen LogP contribution in [0.5, 0.6) is 11.5 Å². The minimum absolute atomic E-state index is 0.174. The van der Waals surface area contributed by atoms with Crippen LogP contribution in [0.15, 0.2) is 23.0 Å². The van der Waals surface area contributed by atoms with Gasteiger partial charge in [-0.05, 0) is 12.5 Å². The summed E-state index contributed by atoms with van der Waals surface area (Å²) >= 11 is 0. The molecular formula is C13H14N2O5. The van der Waals surface area contributed by atoms with Crippen LogP contribution < -0.4 is 5.56 Å². The van der Waals surface area contributed by atoms with E-state index in [4.69, 9.17) is 0 Å². The number of aromatic hydroxyl groups is 2. The number of hydrogen-bond donors (Lipinski definition) is 2. The van der Waals surface area contributed by atoms with Gasteiger partial charge in [0.1, 0.15) is 0 Å². The molecule has 0 saturated heterocycles. The third kappa shape index (κ3) is 2.18. The monoisotopic (exact) mass is 278 g/mol. The van der Waals surface area contributed by atoms with E-state index in [0.717, 1.165) is 6.42 Å². The predicted octanol–water partition coefficient (Wildman–Crippen LogP) is 2.12. The van der Waals surface area contributed by atoms with Crippen molar-refractivity contribution in [2.75, 3.05) is 0 Å². The molecule has 2 aromatic rings. The summed E-state index contributed by atoms with van der Waals surface area (Å²) in [6, 6.07) is 3.77. The van der Waals surface area contributed by atoms with Crippen molar-refractivity contribution < 1.29 is 15.1 Å². The molecule has 0 radical (unpaired) electrons. The Balaban J connectivity index is 2.81. The summed E-state index contributed by atoms with van der Waals surface area (Å²) in [5.41, 5.74) is -0.677. The first-order valence-electron chi connectivity index (χ1n) is 6.20. The topological polar surface area (TPSA) is 106 Å². The summed E-state index contributed by atoms with van der Waals surface area (Å²) in [5, 5.41) is 30.5. The van der Waals surface area contributed by atoms with Crippen molar-refractivity contribution in [3.8, 4) is 11.5 Å². The average molecular weight is 278 g/mol. The molecule has 2 N–H and O–H groups in total. The lowest BCUT2D eigenvalue weighted by Crippen LogP contribution is -2.20. The van der Waals surface area contributed by atoms with Crippen LogP contribution in [0.25, 0.3) is 10.9 Å². The molecule has 0 unspecified atom stereocenters. The molecule has 0 spiro atoms. The van der Waals surface area contributed by atoms with Gasteiger partial charge in [0.15, 0.2) is 5.75 Å². The molecule has 1 aromatic heterocycles. The Morgan fingerprint density at radius 3 is 2.60 bits per heavy atom. The SMILES string of the molecule is CCCCn1c(=O)c(O)c(O)c2ccc([N+](=O)[O-])cc21. The van der Waals surface area contributed by atoms with E-state index in [0.29, 0.717) is 13.0 Å². The van der Waals surface area contributed by atoms with Crippen LogP contribution in [0.1, 0.15) is 19.8 Å². The zero-order chi connectivity index (χ0) is 14.9. The molecule has 0 aliphatic rings. The van der Waals surface area contributed by atoms with E-state index in [1.54, 1.807) is 0 Å². The normalized spacial score (nSPS) is 10.8. The van der Waals surface area contributed by atoms with Gasteiger partial charge >= 0.3 is 0 Å². The standard InChI is InChI=1S/C13H14N2O5/c1-2-3-6-14-10-7-8(15(19)20)4-5-9(10)11(16)12(17)13(14)18/h4-5,7,16-17H,2-3,6H2,1H3. The molecule has 0 bridgehead atoms. The predicted molar refractivity (Wildman–Crippen MR) is 73.1 cm³/mol. The molecule has 7 heteroatoms. The quantitative estimate of drug-likeness (QED) is 0.658. The zero-order valence-electron chi connectivity index (χ0n) is 10.9. The van der Waals surface area contributed by atoms with E-state index < -0.39 is 22.0 Å². The molecule has 0 saturated carbocycles. The highest BCUT2D eigenvalue weighted by Gasteiger charge is 2.17. The van der Waals surface area contributed by atoms with Crippen LogP contribution >= 0.6 is 0 Å². The number of aryl methyl sites for hydroxylation is 1. The lowest BCUT2D eigenvalue weighted by Gasteiger charge is -2.12. The van der Waals surface area contributed by atoms with Crippen molar-refractivity contribution in [2.24, 2.45) is 0 Å². The number of non-ortho nitro benzene ring substituents is 1. The van der Waals surface area contributed by atoms with Crippen LogP contribution in [-0.4, -0.2) is 19.7 Å². The first-order chi connectivity index (χ1) is 9.47. The van der Waals surface area contributed by atoms with Gasteiger partial charge in [-0.15, -0.1) is 0 Å². The van der Waals surface area contributed by atoms with E-state index in [-0.39, 0.29) is 16.6 Å². The molecule has 0 amide bonds. The van der Waals surface area contributed by atoms with E-state index in [1.165, 1.54) is 22.8 Å². The minimum atomic E-state index is -0.746.